The van der Waals surface area contributed by atoms with Crippen LogP contribution in [0.15, 0.2) is 29.5 Å². The highest BCUT2D eigenvalue weighted by atomic mass is 32.1. The summed E-state index contributed by atoms with van der Waals surface area (Å²) in [6.45, 7) is 3.96. The predicted molar refractivity (Wildman–Crippen MR) is 97.4 cm³/mol. The fourth-order valence-electron chi connectivity index (χ4n) is 2.98. The van der Waals surface area contributed by atoms with Gasteiger partial charge in [0.1, 0.15) is 12.1 Å². The molecule has 1 aliphatic rings. The van der Waals surface area contributed by atoms with E-state index in [1.54, 1.807) is 6.33 Å². The number of anilines is 2. The molecule has 4 rings (SSSR count). The van der Waals surface area contributed by atoms with Gasteiger partial charge in [-0.15, -0.1) is 5.10 Å². The molecule has 1 N–H and O–H groups in total. The Labute approximate surface area is 148 Å². The lowest BCUT2D eigenvalue weighted by atomic mass is 10.1. The van der Waals surface area contributed by atoms with Crippen LogP contribution in [0.5, 0.6) is 0 Å². The lowest BCUT2D eigenvalue weighted by Crippen LogP contribution is -2.39. The van der Waals surface area contributed by atoms with Crippen molar-refractivity contribution in [2.24, 2.45) is 0 Å². The first kappa shape index (κ1) is 15.9. The number of piperidine rings is 1. The van der Waals surface area contributed by atoms with Gasteiger partial charge in [0.15, 0.2) is 0 Å². The van der Waals surface area contributed by atoms with E-state index in [9.17, 15) is 4.79 Å². The van der Waals surface area contributed by atoms with Gasteiger partial charge in [-0.3, -0.25) is 4.79 Å². The van der Waals surface area contributed by atoms with Crippen molar-refractivity contribution in [3.8, 4) is 0 Å². The molecule has 130 valence electrons. The molecule has 25 heavy (non-hydrogen) atoms. The van der Waals surface area contributed by atoms with Crippen molar-refractivity contribution < 1.29 is 0 Å². The molecule has 1 aliphatic heterocycles. The van der Waals surface area contributed by atoms with E-state index in [0.29, 0.717) is 11.0 Å². The van der Waals surface area contributed by atoms with Crippen LogP contribution in [0, 0.1) is 0 Å². The lowest BCUT2D eigenvalue weighted by Gasteiger charge is -2.33. The smallest absolute Gasteiger partial charge is 0.275 e. The molecule has 0 radical (unpaired) electrons. The summed E-state index contributed by atoms with van der Waals surface area (Å²) in [4.78, 5) is 27.5. The summed E-state index contributed by atoms with van der Waals surface area (Å²) < 4.78 is 1.34. The highest BCUT2D eigenvalue weighted by Crippen LogP contribution is 2.23. The molecule has 0 unspecified atom stereocenters. The number of rotatable bonds is 4. The molecule has 8 nitrogen and oxygen atoms in total. The van der Waals surface area contributed by atoms with Crippen molar-refractivity contribution in [1.29, 1.82) is 0 Å². The fourth-order valence-corrected chi connectivity index (χ4v) is 3.83. The van der Waals surface area contributed by atoms with Crippen molar-refractivity contribution in [2.45, 2.75) is 32.2 Å². The Morgan fingerprint density at radius 2 is 2.12 bits per heavy atom. The molecular weight excluding hydrogens is 338 g/mol. The Balaban J connectivity index is 1.41. The third-order valence-corrected chi connectivity index (χ3v) is 5.24. The Morgan fingerprint density at radius 1 is 1.28 bits per heavy atom. The van der Waals surface area contributed by atoms with E-state index in [1.165, 1.54) is 28.1 Å². The van der Waals surface area contributed by atoms with Crippen molar-refractivity contribution >= 4 is 27.2 Å². The second-order valence-corrected chi connectivity index (χ2v) is 6.97. The largest absolute Gasteiger partial charge is 0.357 e. The molecule has 4 heterocycles. The number of aryl methyl sites for hydroxylation is 1. The average molecular weight is 357 g/mol. The summed E-state index contributed by atoms with van der Waals surface area (Å²) >= 11 is 1.40. The average Bonchev–Trinajstić information content (AvgIpc) is 3.06. The van der Waals surface area contributed by atoms with Gasteiger partial charge >= 0.3 is 0 Å². The molecule has 1 fully saturated rings. The Hall–Kier alpha value is -2.55. The topological polar surface area (TPSA) is 88.3 Å². The highest BCUT2D eigenvalue weighted by Gasteiger charge is 2.21. The van der Waals surface area contributed by atoms with Gasteiger partial charge in [0.05, 0.1) is 0 Å². The predicted octanol–water partition coefficient (Wildman–Crippen LogP) is 1.58. The van der Waals surface area contributed by atoms with Gasteiger partial charge in [-0.25, -0.2) is 15.0 Å². The molecule has 0 aliphatic carbocycles. The van der Waals surface area contributed by atoms with E-state index >= 15 is 0 Å². The first-order valence-electron chi connectivity index (χ1n) is 8.40. The van der Waals surface area contributed by atoms with Gasteiger partial charge < -0.3 is 10.2 Å². The molecule has 0 bridgehead atoms. The van der Waals surface area contributed by atoms with Gasteiger partial charge in [-0.2, -0.15) is 4.52 Å². The second kappa shape index (κ2) is 6.75. The van der Waals surface area contributed by atoms with Crippen LogP contribution in [0.25, 0.3) is 4.96 Å². The molecular formula is C16H19N7OS. The minimum atomic E-state index is -0.153. The van der Waals surface area contributed by atoms with Crippen LogP contribution in [0.1, 0.15) is 25.5 Å². The number of hydrogen-bond acceptors (Lipinski definition) is 8. The summed E-state index contributed by atoms with van der Waals surface area (Å²) in [5.41, 5.74) is 0.914. The maximum Gasteiger partial charge on any atom is 0.275 e. The molecule has 1 saturated heterocycles. The van der Waals surface area contributed by atoms with E-state index in [4.69, 9.17) is 0 Å². The first-order chi connectivity index (χ1) is 12.2. The van der Waals surface area contributed by atoms with Gasteiger partial charge in [-0.05, 0) is 19.3 Å². The van der Waals surface area contributed by atoms with E-state index < -0.39 is 0 Å². The third-order valence-electron chi connectivity index (χ3n) is 4.39. The van der Waals surface area contributed by atoms with Crippen molar-refractivity contribution in [3.05, 3.63) is 40.7 Å². The van der Waals surface area contributed by atoms with Crippen molar-refractivity contribution in [3.63, 3.8) is 0 Å². The summed E-state index contributed by atoms with van der Waals surface area (Å²) in [6.07, 6.45) is 6.06. The van der Waals surface area contributed by atoms with Gasteiger partial charge in [0, 0.05) is 43.2 Å². The monoisotopic (exact) mass is 357 g/mol. The standard InChI is InChI=1S/C16H19N7OS/c1-2-11-9-13(19-10-18-11)22-7-4-12(5-8-22)20-15-21-23-14(24)3-6-17-16(23)25-15/h3,6,9-10,12H,2,4-5,7-8H2,1H3,(H,20,21). The summed E-state index contributed by atoms with van der Waals surface area (Å²) in [5.74, 6) is 1.00. The number of hydrogen-bond donors (Lipinski definition) is 1. The molecule has 0 aromatic carbocycles. The zero-order valence-electron chi connectivity index (χ0n) is 13.9. The quantitative estimate of drug-likeness (QED) is 0.758. The molecule has 9 heteroatoms. The third kappa shape index (κ3) is 3.32. The van der Waals surface area contributed by atoms with Crippen LogP contribution in [0.3, 0.4) is 0 Å². The fraction of sp³-hybridized carbons (Fsp3) is 0.438. The van der Waals surface area contributed by atoms with Crippen molar-refractivity contribution in [2.75, 3.05) is 23.3 Å². The maximum atomic E-state index is 11.8. The Morgan fingerprint density at radius 3 is 2.88 bits per heavy atom. The summed E-state index contributed by atoms with van der Waals surface area (Å²) in [6, 6.07) is 3.82. The zero-order valence-corrected chi connectivity index (χ0v) is 14.7. The molecule has 0 saturated carbocycles. The summed E-state index contributed by atoms with van der Waals surface area (Å²) in [7, 11) is 0. The molecule has 3 aromatic rings. The molecule has 3 aromatic heterocycles. The molecule has 0 spiro atoms. The SMILES string of the molecule is CCc1cc(N2CCC(Nc3nn4c(=O)ccnc4s3)CC2)ncn1. The highest BCUT2D eigenvalue weighted by molar-refractivity contribution is 7.20. The van der Waals surface area contributed by atoms with Gasteiger partial charge in [0.2, 0.25) is 10.1 Å². The van der Waals surface area contributed by atoms with E-state index in [-0.39, 0.29) is 5.56 Å². The van der Waals surface area contributed by atoms with Crippen LogP contribution >= 0.6 is 11.3 Å². The normalized spacial score (nSPS) is 15.6. The van der Waals surface area contributed by atoms with E-state index in [1.807, 2.05) is 0 Å². The van der Waals surface area contributed by atoms with Crippen LogP contribution in [0.2, 0.25) is 0 Å². The minimum absolute atomic E-state index is 0.153. The van der Waals surface area contributed by atoms with Crippen molar-refractivity contribution in [1.82, 2.24) is 24.6 Å². The number of aromatic nitrogens is 5. The lowest BCUT2D eigenvalue weighted by molar-refractivity contribution is 0.522. The number of fused-ring (bicyclic) bond motifs is 1. The minimum Gasteiger partial charge on any atom is -0.357 e. The second-order valence-electron chi connectivity index (χ2n) is 6.01. The van der Waals surface area contributed by atoms with Crippen LogP contribution in [-0.2, 0) is 6.42 Å². The Bertz CT molecular complexity index is 929. The van der Waals surface area contributed by atoms with Crippen LogP contribution in [0.4, 0.5) is 10.9 Å². The maximum absolute atomic E-state index is 11.8. The van der Waals surface area contributed by atoms with Crippen LogP contribution in [-0.4, -0.2) is 43.7 Å². The number of nitrogens with one attached hydrogen (secondary N) is 1. The summed E-state index contributed by atoms with van der Waals surface area (Å²) in [5, 5.41) is 8.50. The van der Waals surface area contributed by atoms with Gasteiger partial charge in [0.25, 0.3) is 5.56 Å². The number of nitrogens with zero attached hydrogens (tertiary/aromatic N) is 6. The zero-order chi connectivity index (χ0) is 17.2. The van der Waals surface area contributed by atoms with E-state index in [0.717, 1.165) is 49.0 Å². The first-order valence-corrected chi connectivity index (χ1v) is 9.22. The van der Waals surface area contributed by atoms with Gasteiger partial charge in [-0.1, -0.05) is 18.3 Å². The molecule has 0 atom stereocenters. The van der Waals surface area contributed by atoms with E-state index in [2.05, 4.69) is 43.3 Å². The molecule has 0 amide bonds. The Kier molecular flexibility index (Phi) is 4.31. The van der Waals surface area contributed by atoms with Crippen LogP contribution < -0.4 is 15.8 Å².